The third-order valence-electron chi connectivity index (χ3n) is 3.48. The zero-order valence-corrected chi connectivity index (χ0v) is 8.90. The summed E-state index contributed by atoms with van der Waals surface area (Å²) in [5, 5.41) is 0. The summed E-state index contributed by atoms with van der Waals surface area (Å²) in [6.45, 7) is 0. The molecule has 2 fully saturated rings. The second kappa shape index (κ2) is 4.21. The number of hydrogen-bond donors (Lipinski definition) is 0. The lowest BCUT2D eigenvalue weighted by Crippen LogP contribution is -2.20. The highest BCUT2D eigenvalue weighted by molar-refractivity contribution is 5.72. The molecule has 1 saturated carbocycles. The van der Waals surface area contributed by atoms with Crippen LogP contribution in [0.25, 0.3) is 0 Å². The van der Waals surface area contributed by atoms with Crippen LogP contribution in [0.2, 0.25) is 0 Å². The number of ether oxygens (including phenoxy) is 2. The highest BCUT2D eigenvalue weighted by atomic mass is 16.6. The molecule has 0 bridgehead atoms. The van der Waals surface area contributed by atoms with Gasteiger partial charge in [-0.25, -0.2) is 0 Å². The molecule has 1 aliphatic carbocycles. The van der Waals surface area contributed by atoms with Crippen LogP contribution in [0.3, 0.4) is 0 Å². The molecule has 0 radical (unpaired) electrons. The highest BCUT2D eigenvalue weighted by Crippen LogP contribution is 2.42. The minimum absolute atomic E-state index is 0.0714. The van der Waals surface area contributed by atoms with Crippen LogP contribution in [-0.2, 0) is 19.1 Å². The van der Waals surface area contributed by atoms with E-state index in [2.05, 4.69) is 4.74 Å². The smallest absolute Gasteiger partial charge is 0.306 e. The Hall–Kier alpha value is -1.06. The van der Waals surface area contributed by atoms with Crippen molar-refractivity contribution >= 4 is 11.9 Å². The molecule has 2 rings (SSSR count). The minimum Gasteiger partial charge on any atom is -0.469 e. The Morgan fingerprint density at radius 3 is 3.07 bits per heavy atom. The second-order valence-electron chi connectivity index (χ2n) is 4.37. The van der Waals surface area contributed by atoms with Gasteiger partial charge in [-0.15, -0.1) is 0 Å². The summed E-state index contributed by atoms with van der Waals surface area (Å²) in [6.07, 6.45) is 3.98. The Balaban J connectivity index is 1.84. The van der Waals surface area contributed by atoms with Gasteiger partial charge in [0.05, 0.1) is 13.5 Å². The van der Waals surface area contributed by atoms with Crippen molar-refractivity contribution in [3.8, 4) is 0 Å². The summed E-state index contributed by atoms with van der Waals surface area (Å²) in [7, 11) is 1.40. The zero-order chi connectivity index (χ0) is 10.8. The summed E-state index contributed by atoms with van der Waals surface area (Å²) in [4.78, 5) is 22.1. The Morgan fingerprint density at radius 1 is 1.53 bits per heavy atom. The van der Waals surface area contributed by atoms with E-state index in [1.54, 1.807) is 0 Å². The van der Waals surface area contributed by atoms with Crippen molar-refractivity contribution in [2.45, 2.75) is 38.2 Å². The Morgan fingerprint density at radius 2 is 2.33 bits per heavy atom. The summed E-state index contributed by atoms with van der Waals surface area (Å²) in [6, 6.07) is 0. The van der Waals surface area contributed by atoms with Crippen molar-refractivity contribution in [3.63, 3.8) is 0 Å². The fourth-order valence-electron chi connectivity index (χ4n) is 2.68. The Bertz CT molecular complexity index is 274. The summed E-state index contributed by atoms with van der Waals surface area (Å²) < 4.78 is 9.87. The van der Waals surface area contributed by atoms with E-state index in [0.717, 1.165) is 19.3 Å². The molecule has 84 valence electrons. The maximum Gasteiger partial charge on any atom is 0.306 e. The molecule has 1 unspecified atom stereocenters. The summed E-state index contributed by atoms with van der Waals surface area (Å²) in [5.41, 5.74) is 0. The van der Waals surface area contributed by atoms with E-state index in [9.17, 15) is 9.59 Å². The lowest BCUT2D eigenvalue weighted by Gasteiger charge is -2.16. The molecule has 15 heavy (non-hydrogen) atoms. The van der Waals surface area contributed by atoms with Crippen LogP contribution in [-0.4, -0.2) is 25.2 Å². The molecule has 0 spiro atoms. The molecule has 2 aliphatic rings. The van der Waals surface area contributed by atoms with Gasteiger partial charge in [0.1, 0.15) is 6.10 Å². The average Bonchev–Trinajstić information content (AvgIpc) is 2.73. The van der Waals surface area contributed by atoms with Gasteiger partial charge in [0.25, 0.3) is 0 Å². The summed E-state index contributed by atoms with van der Waals surface area (Å²) in [5.74, 6) is 0.510. The van der Waals surface area contributed by atoms with Gasteiger partial charge in [-0.1, -0.05) is 0 Å². The Kier molecular flexibility index (Phi) is 2.93. The van der Waals surface area contributed by atoms with Gasteiger partial charge < -0.3 is 9.47 Å². The van der Waals surface area contributed by atoms with Crippen LogP contribution in [0.5, 0.6) is 0 Å². The van der Waals surface area contributed by atoms with Crippen molar-refractivity contribution in [1.29, 1.82) is 0 Å². The van der Waals surface area contributed by atoms with Crippen LogP contribution in [0.15, 0.2) is 0 Å². The van der Waals surface area contributed by atoms with E-state index < -0.39 is 0 Å². The molecular weight excluding hydrogens is 196 g/mol. The normalized spacial score (nSPS) is 33.7. The quantitative estimate of drug-likeness (QED) is 0.661. The largest absolute Gasteiger partial charge is 0.469 e. The molecule has 3 atom stereocenters. The molecule has 0 N–H and O–H groups in total. The van der Waals surface area contributed by atoms with Crippen LogP contribution in [0.4, 0.5) is 0 Å². The van der Waals surface area contributed by atoms with Crippen LogP contribution < -0.4 is 0 Å². The monoisotopic (exact) mass is 212 g/mol. The van der Waals surface area contributed by atoms with Crippen molar-refractivity contribution in [2.24, 2.45) is 11.8 Å². The maximum absolute atomic E-state index is 11.1. The standard InChI is InChI=1S/C11H16O4/c1-14-9(12)5-4-7-2-3-8-6-10(13)15-11(7)8/h7-8,11H,2-6H2,1H3/t7?,8-,11-/m1/s1. The molecule has 0 amide bonds. The van der Waals surface area contributed by atoms with Gasteiger partial charge in [0.15, 0.2) is 0 Å². The average molecular weight is 212 g/mol. The van der Waals surface area contributed by atoms with Crippen molar-refractivity contribution in [3.05, 3.63) is 0 Å². The van der Waals surface area contributed by atoms with E-state index in [4.69, 9.17) is 4.74 Å². The van der Waals surface area contributed by atoms with Gasteiger partial charge in [-0.05, 0) is 25.2 Å². The van der Waals surface area contributed by atoms with Crippen LogP contribution in [0.1, 0.15) is 32.1 Å². The number of carbonyl (C=O) groups excluding carboxylic acids is 2. The van der Waals surface area contributed by atoms with E-state index in [1.165, 1.54) is 7.11 Å². The number of esters is 2. The first-order chi connectivity index (χ1) is 7.20. The fraction of sp³-hybridized carbons (Fsp3) is 0.818. The first-order valence-corrected chi connectivity index (χ1v) is 5.47. The molecule has 1 saturated heterocycles. The number of fused-ring (bicyclic) bond motifs is 1. The predicted octanol–water partition coefficient (Wildman–Crippen LogP) is 1.28. The van der Waals surface area contributed by atoms with Crippen LogP contribution >= 0.6 is 0 Å². The lowest BCUT2D eigenvalue weighted by atomic mass is 9.97. The minimum atomic E-state index is -0.178. The van der Waals surface area contributed by atoms with Gasteiger partial charge >= 0.3 is 11.9 Å². The van der Waals surface area contributed by atoms with Gasteiger partial charge in [0, 0.05) is 12.3 Å². The third-order valence-corrected chi connectivity index (χ3v) is 3.48. The first-order valence-electron chi connectivity index (χ1n) is 5.47. The van der Waals surface area contributed by atoms with E-state index in [0.29, 0.717) is 24.7 Å². The zero-order valence-electron chi connectivity index (χ0n) is 8.90. The van der Waals surface area contributed by atoms with E-state index >= 15 is 0 Å². The maximum atomic E-state index is 11.1. The van der Waals surface area contributed by atoms with E-state index in [-0.39, 0.29) is 18.0 Å². The SMILES string of the molecule is COC(=O)CCC1CC[C@@H]2CC(=O)O[C@H]12. The molecular formula is C11H16O4. The van der Waals surface area contributed by atoms with Crippen LogP contribution in [0, 0.1) is 11.8 Å². The molecule has 0 aromatic carbocycles. The third kappa shape index (κ3) is 2.13. The molecule has 1 aliphatic heterocycles. The second-order valence-corrected chi connectivity index (χ2v) is 4.37. The summed E-state index contributed by atoms with van der Waals surface area (Å²) >= 11 is 0. The fourth-order valence-corrected chi connectivity index (χ4v) is 2.68. The van der Waals surface area contributed by atoms with Gasteiger partial charge in [0.2, 0.25) is 0 Å². The Labute approximate surface area is 88.9 Å². The topological polar surface area (TPSA) is 52.6 Å². The van der Waals surface area contributed by atoms with Gasteiger partial charge in [-0.2, -0.15) is 0 Å². The number of carbonyl (C=O) groups is 2. The molecule has 4 heteroatoms. The number of methoxy groups -OCH3 is 1. The van der Waals surface area contributed by atoms with Gasteiger partial charge in [-0.3, -0.25) is 9.59 Å². The predicted molar refractivity (Wildman–Crippen MR) is 52.0 cm³/mol. The lowest BCUT2D eigenvalue weighted by molar-refractivity contribution is -0.143. The molecule has 1 heterocycles. The first kappa shape index (κ1) is 10.5. The molecule has 0 aromatic rings. The number of rotatable bonds is 3. The molecule has 4 nitrogen and oxygen atoms in total. The van der Waals surface area contributed by atoms with E-state index in [1.807, 2.05) is 0 Å². The van der Waals surface area contributed by atoms with Crippen molar-refractivity contribution < 1.29 is 19.1 Å². The van der Waals surface area contributed by atoms with Crippen molar-refractivity contribution in [2.75, 3.05) is 7.11 Å². The van der Waals surface area contributed by atoms with Crippen molar-refractivity contribution in [1.82, 2.24) is 0 Å². The molecule has 0 aromatic heterocycles. The number of hydrogen-bond acceptors (Lipinski definition) is 4. The highest BCUT2D eigenvalue weighted by Gasteiger charge is 2.44.